The SMILES string of the molecule is O=c1c2cc(CC3CCNCC3)ccc2c2cnc(NCC3CC3)nc2n1[C@H]1CC[C@H](O)CC1. The van der Waals surface area contributed by atoms with Gasteiger partial charge in [-0.2, -0.15) is 4.98 Å². The molecule has 7 nitrogen and oxygen atoms in total. The molecule has 6 rings (SSSR count). The van der Waals surface area contributed by atoms with E-state index in [2.05, 4.69) is 33.8 Å². The Bertz CT molecular complexity index is 1240. The van der Waals surface area contributed by atoms with E-state index in [9.17, 15) is 9.90 Å². The number of aliphatic hydroxyl groups is 1. The van der Waals surface area contributed by atoms with Crippen molar-refractivity contribution in [1.82, 2.24) is 19.9 Å². The lowest BCUT2D eigenvalue weighted by atomic mass is 9.90. The van der Waals surface area contributed by atoms with Crippen LogP contribution in [-0.4, -0.2) is 45.4 Å². The molecule has 3 aromatic rings. The number of aliphatic hydroxyl groups excluding tert-OH is 1. The fraction of sp³-hybridized carbons (Fsp3) is 0.593. The molecule has 0 bridgehead atoms. The minimum absolute atomic E-state index is 0.0443. The van der Waals surface area contributed by atoms with Crippen molar-refractivity contribution in [2.24, 2.45) is 11.8 Å². The summed E-state index contributed by atoms with van der Waals surface area (Å²) in [5, 5.41) is 19.5. The van der Waals surface area contributed by atoms with E-state index in [1.807, 2.05) is 10.8 Å². The third-order valence-electron chi connectivity index (χ3n) is 8.08. The molecule has 0 spiro atoms. The van der Waals surface area contributed by atoms with E-state index in [1.54, 1.807) is 0 Å². The lowest BCUT2D eigenvalue weighted by Gasteiger charge is -2.28. The van der Waals surface area contributed by atoms with Crippen LogP contribution in [0.4, 0.5) is 5.95 Å². The molecule has 2 aromatic heterocycles. The zero-order chi connectivity index (χ0) is 23.1. The van der Waals surface area contributed by atoms with Crippen LogP contribution in [0.1, 0.15) is 63.0 Å². The predicted molar refractivity (Wildman–Crippen MR) is 135 cm³/mol. The van der Waals surface area contributed by atoms with Gasteiger partial charge in [-0.05, 0) is 99.7 Å². The quantitative estimate of drug-likeness (QED) is 0.484. The van der Waals surface area contributed by atoms with E-state index < -0.39 is 0 Å². The Morgan fingerprint density at radius 2 is 1.76 bits per heavy atom. The van der Waals surface area contributed by atoms with Crippen LogP contribution in [0.15, 0.2) is 29.2 Å². The number of benzene rings is 1. The van der Waals surface area contributed by atoms with Gasteiger partial charge >= 0.3 is 0 Å². The predicted octanol–water partition coefficient (Wildman–Crippen LogP) is 3.78. The Labute approximate surface area is 200 Å². The number of rotatable bonds is 6. The average Bonchev–Trinajstić information content (AvgIpc) is 3.69. The number of nitrogens with one attached hydrogen (secondary N) is 2. The van der Waals surface area contributed by atoms with Crippen LogP contribution in [0.2, 0.25) is 0 Å². The second-order valence-electron chi connectivity index (χ2n) is 10.7. The second kappa shape index (κ2) is 9.27. The zero-order valence-electron chi connectivity index (χ0n) is 19.8. The molecule has 3 N–H and O–H groups in total. The van der Waals surface area contributed by atoms with Crippen LogP contribution in [-0.2, 0) is 6.42 Å². The number of pyridine rings is 1. The summed E-state index contributed by atoms with van der Waals surface area (Å²) in [7, 11) is 0. The Morgan fingerprint density at radius 3 is 2.53 bits per heavy atom. The Balaban J connectivity index is 1.44. The molecule has 7 heteroatoms. The minimum atomic E-state index is -0.263. The molecule has 3 fully saturated rings. The molecule has 3 heterocycles. The summed E-state index contributed by atoms with van der Waals surface area (Å²) in [6.07, 6.45) is 10.6. The number of nitrogens with zero attached hydrogens (tertiary/aromatic N) is 3. The van der Waals surface area contributed by atoms with Crippen molar-refractivity contribution >= 4 is 27.8 Å². The van der Waals surface area contributed by atoms with Gasteiger partial charge in [0.05, 0.1) is 6.10 Å². The van der Waals surface area contributed by atoms with Crippen molar-refractivity contribution in [3.8, 4) is 0 Å². The van der Waals surface area contributed by atoms with Crippen LogP contribution >= 0.6 is 0 Å². The summed E-state index contributed by atoms with van der Waals surface area (Å²) in [4.78, 5) is 23.4. The maximum absolute atomic E-state index is 14.0. The van der Waals surface area contributed by atoms with Gasteiger partial charge in [-0.3, -0.25) is 9.36 Å². The smallest absolute Gasteiger partial charge is 0.260 e. The number of piperidine rings is 1. The molecule has 1 aromatic carbocycles. The summed E-state index contributed by atoms with van der Waals surface area (Å²) in [6, 6.07) is 6.46. The number of hydrogen-bond acceptors (Lipinski definition) is 6. The third kappa shape index (κ3) is 4.43. The standard InChI is InChI=1S/C27H35N5O2/c33-21-6-4-20(5-7-21)32-25-24(16-30-27(31-25)29-15-18-1-2-18)22-8-3-19(14-23(22)26(32)34)13-17-9-11-28-12-10-17/h3,8,14,16-18,20-21,28,33H,1-2,4-7,9-13,15H2,(H,29,30,31)/t20-,21-. The van der Waals surface area contributed by atoms with Crippen molar-refractivity contribution in [3.05, 3.63) is 40.3 Å². The van der Waals surface area contributed by atoms with Crippen LogP contribution in [0.25, 0.3) is 21.8 Å². The maximum atomic E-state index is 14.0. The van der Waals surface area contributed by atoms with E-state index in [0.717, 1.165) is 79.5 Å². The first-order valence-electron chi connectivity index (χ1n) is 13.1. The van der Waals surface area contributed by atoms with Crippen molar-refractivity contribution in [2.45, 2.75) is 69.9 Å². The number of anilines is 1. The average molecular weight is 462 g/mol. The maximum Gasteiger partial charge on any atom is 0.260 e. The Hall–Kier alpha value is -2.51. The molecule has 1 saturated heterocycles. The molecule has 34 heavy (non-hydrogen) atoms. The molecule has 0 unspecified atom stereocenters. The molecule has 1 aliphatic heterocycles. The van der Waals surface area contributed by atoms with Gasteiger partial charge in [-0.25, -0.2) is 4.98 Å². The molecule has 2 saturated carbocycles. The highest BCUT2D eigenvalue weighted by molar-refractivity contribution is 6.04. The highest BCUT2D eigenvalue weighted by Gasteiger charge is 2.26. The summed E-state index contributed by atoms with van der Waals surface area (Å²) < 4.78 is 1.92. The summed E-state index contributed by atoms with van der Waals surface area (Å²) in [5.74, 6) is 1.99. The van der Waals surface area contributed by atoms with Crippen LogP contribution in [0.3, 0.4) is 0 Å². The van der Waals surface area contributed by atoms with Crippen molar-refractivity contribution < 1.29 is 5.11 Å². The topological polar surface area (TPSA) is 92.1 Å². The van der Waals surface area contributed by atoms with Gasteiger partial charge in [0.1, 0.15) is 5.65 Å². The zero-order valence-corrected chi connectivity index (χ0v) is 19.8. The van der Waals surface area contributed by atoms with Crippen LogP contribution in [0.5, 0.6) is 0 Å². The minimum Gasteiger partial charge on any atom is -0.393 e. The Kier molecular flexibility index (Phi) is 5.99. The van der Waals surface area contributed by atoms with Gasteiger partial charge in [0.2, 0.25) is 5.95 Å². The highest BCUT2D eigenvalue weighted by atomic mass is 16.3. The molecule has 0 atom stereocenters. The number of aromatic nitrogens is 3. The summed E-state index contributed by atoms with van der Waals surface area (Å²) >= 11 is 0. The Morgan fingerprint density at radius 1 is 0.971 bits per heavy atom. The van der Waals surface area contributed by atoms with Crippen molar-refractivity contribution in [1.29, 1.82) is 0 Å². The highest BCUT2D eigenvalue weighted by Crippen LogP contribution is 2.33. The van der Waals surface area contributed by atoms with Gasteiger partial charge in [0, 0.05) is 29.6 Å². The molecular formula is C27H35N5O2. The van der Waals surface area contributed by atoms with Gasteiger partial charge in [0.25, 0.3) is 5.56 Å². The number of fused-ring (bicyclic) bond motifs is 3. The van der Waals surface area contributed by atoms with E-state index >= 15 is 0 Å². The third-order valence-corrected chi connectivity index (χ3v) is 8.08. The fourth-order valence-electron chi connectivity index (χ4n) is 5.82. The van der Waals surface area contributed by atoms with Crippen LogP contribution < -0.4 is 16.2 Å². The molecule has 2 aliphatic carbocycles. The van der Waals surface area contributed by atoms with Crippen molar-refractivity contribution in [2.75, 3.05) is 25.0 Å². The lowest BCUT2D eigenvalue weighted by Crippen LogP contribution is -2.30. The van der Waals surface area contributed by atoms with Gasteiger partial charge in [-0.1, -0.05) is 12.1 Å². The molecule has 0 radical (unpaired) electrons. The van der Waals surface area contributed by atoms with E-state index in [-0.39, 0.29) is 17.7 Å². The lowest BCUT2D eigenvalue weighted by molar-refractivity contribution is 0.111. The van der Waals surface area contributed by atoms with Gasteiger partial charge < -0.3 is 15.7 Å². The van der Waals surface area contributed by atoms with E-state index in [1.165, 1.54) is 31.2 Å². The first-order valence-corrected chi connectivity index (χ1v) is 13.1. The summed E-state index contributed by atoms with van der Waals surface area (Å²) in [6.45, 7) is 3.05. The monoisotopic (exact) mass is 461 g/mol. The van der Waals surface area contributed by atoms with E-state index in [4.69, 9.17) is 4.98 Å². The normalized spacial score (nSPS) is 24.0. The molecular weight excluding hydrogens is 426 g/mol. The first kappa shape index (κ1) is 22.0. The van der Waals surface area contributed by atoms with E-state index in [0.29, 0.717) is 11.9 Å². The fourth-order valence-corrected chi connectivity index (χ4v) is 5.82. The number of hydrogen-bond donors (Lipinski definition) is 3. The molecule has 0 amide bonds. The van der Waals surface area contributed by atoms with Crippen molar-refractivity contribution in [3.63, 3.8) is 0 Å². The second-order valence-corrected chi connectivity index (χ2v) is 10.7. The summed E-state index contributed by atoms with van der Waals surface area (Å²) in [5.41, 5.74) is 2.01. The molecule has 180 valence electrons. The van der Waals surface area contributed by atoms with Gasteiger partial charge in [-0.15, -0.1) is 0 Å². The molecule has 3 aliphatic rings. The van der Waals surface area contributed by atoms with Crippen LogP contribution in [0, 0.1) is 11.8 Å². The largest absolute Gasteiger partial charge is 0.393 e. The first-order chi connectivity index (χ1) is 16.7. The van der Waals surface area contributed by atoms with Gasteiger partial charge in [0.15, 0.2) is 0 Å².